The van der Waals surface area contributed by atoms with Crippen LogP contribution in [0.15, 0.2) is 12.2 Å². The van der Waals surface area contributed by atoms with Crippen molar-refractivity contribution in [1.82, 2.24) is 0 Å². The second-order valence-electron chi connectivity index (χ2n) is 3.52. The van der Waals surface area contributed by atoms with Gasteiger partial charge in [0.15, 0.2) is 0 Å². The number of aliphatic hydroxyl groups is 1. The molecule has 1 heteroatoms. The Morgan fingerprint density at radius 3 is 2.60 bits per heavy atom. The molecule has 0 radical (unpaired) electrons. The summed E-state index contributed by atoms with van der Waals surface area (Å²) < 4.78 is 0. The van der Waals surface area contributed by atoms with Gasteiger partial charge in [-0.3, -0.25) is 0 Å². The molecule has 0 amide bonds. The van der Waals surface area contributed by atoms with E-state index < -0.39 is 0 Å². The maximum Gasteiger partial charge on any atom is 0.0668 e. The van der Waals surface area contributed by atoms with Gasteiger partial charge in [0.25, 0.3) is 0 Å². The molecule has 0 heterocycles. The molecular weight excluding hydrogens is 124 g/mol. The summed E-state index contributed by atoms with van der Waals surface area (Å²) in [4.78, 5) is 0. The predicted octanol–water partition coefficient (Wildman–Crippen LogP) is 1.58. The van der Waals surface area contributed by atoms with Crippen LogP contribution in [-0.4, -0.2) is 11.2 Å². The lowest BCUT2D eigenvalue weighted by Gasteiger charge is -2.14. The molecule has 0 aromatic rings. The number of hydrogen-bond acceptors (Lipinski definition) is 1. The van der Waals surface area contributed by atoms with Gasteiger partial charge in [-0.05, 0) is 12.3 Å². The smallest absolute Gasteiger partial charge is 0.0668 e. The van der Waals surface area contributed by atoms with Gasteiger partial charge in [-0.15, -0.1) is 0 Å². The lowest BCUT2D eigenvalue weighted by Crippen LogP contribution is -2.15. The van der Waals surface area contributed by atoms with E-state index in [0.29, 0.717) is 11.8 Å². The fourth-order valence-electron chi connectivity index (χ4n) is 2.38. The van der Waals surface area contributed by atoms with Crippen LogP contribution in [0.5, 0.6) is 0 Å². The fourth-order valence-corrected chi connectivity index (χ4v) is 2.38. The molecule has 2 aliphatic rings. The summed E-state index contributed by atoms with van der Waals surface area (Å²) in [6, 6.07) is 0. The first-order valence-corrected chi connectivity index (χ1v) is 4.19. The number of aliphatic hydroxyl groups excluding tert-OH is 1. The van der Waals surface area contributed by atoms with Crippen molar-refractivity contribution >= 4 is 0 Å². The molecule has 4 atom stereocenters. The highest BCUT2D eigenvalue weighted by Gasteiger charge is 2.42. The van der Waals surface area contributed by atoms with Gasteiger partial charge in [0.2, 0.25) is 0 Å². The van der Waals surface area contributed by atoms with Crippen molar-refractivity contribution in [3.63, 3.8) is 0 Å². The topological polar surface area (TPSA) is 20.2 Å². The first kappa shape index (κ1) is 6.41. The van der Waals surface area contributed by atoms with Gasteiger partial charge < -0.3 is 5.11 Å². The van der Waals surface area contributed by atoms with E-state index in [1.807, 2.05) is 0 Å². The summed E-state index contributed by atoms with van der Waals surface area (Å²) >= 11 is 0. The molecule has 2 aliphatic carbocycles. The highest BCUT2D eigenvalue weighted by atomic mass is 16.3. The predicted molar refractivity (Wildman–Crippen MR) is 40.5 cm³/mol. The molecule has 1 N–H and O–H groups in total. The van der Waals surface area contributed by atoms with Crippen molar-refractivity contribution in [2.75, 3.05) is 0 Å². The van der Waals surface area contributed by atoms with E-state index in [1.165, 1.54) is 12.8 Å². The summed E-state index contributed by atoms with van der Waals surface area (Å²) in [6.07, 6.45) is 6.79. The molecule has 4 unspecified atom stereocenters. The number of rotatable bonds is 1. The van der Waals surface area contributed by atoms with Crippen molar-refractivity contribution in [3.8, 4) is 0 Å². The Labute approximate surface area is 61.8 Å². The van der Waals surface area contributed by atoms with E-state index in [-0.39, 0.29) is 6.10 Å². The summed E-state index contributed by atoms with van der Waals surface area (Å²) in [5.41, 5.74) is 0. The highest BCUT2D eigenvalue weighted by molar-refractivity contribution is 5.14. The van der Waals surface area contributed by atoms with Gasteiger partial charge in [0.05, 0.1) is 6.10 Å². The lowest BCUT2D eigenvalue weighted by atomic mass is 9.91. The third-order valence-electron chi connectivity index (χ3n) is 3.06. The van der Waals surface area contributed by atoms with Crippen LogP contribution in [0.3, 0.4) is 0 Å². The molecule has 0 spiro atoms. The minimum Gasteiger partial charge on any atom is -0.392 e. The first-order chi connectivity index (χ1) is 4.83. The quantitative estimate of drug-likeness (QED) is 0.545. The normalized spacial score (nSPS) is 50.6. The Morgan fingerprint density at radius 1 is 1.50 bits per heavy atom. The van der Waals surface area contributed by atoms with Crippen molar-refractivity contribution in [3.05, 3.63) is 12.2 Å². The van der Waals surface area contributed by atoms with Gasteiger partial charge >= 0.3 is 0 Å². The summed E-state index contributed by atoms with van der Waals surface area (Å²) in [7, 11) is 0. The van der Waals surface area contributed by atoms with Crippen molar-refractivity contribution in [1.29, 1.82) is 0 Å². The average Bonchev–Trinajstić information content (AvgIpc) is 2.46. The van der Waals surface area contributed by atoms with Gasteiger partial charge in [-0.2, -0.15) is 0 Å². The van der Waals surface area contributed by atoms with Gasteiger partial charge in [-0.1, -0.05) is 25.5 Å². The van der Waals surface area contributed by atoms with E-state index in [2.05, 4.69) is 19.1 Å². The molecule has 0 aliphatic heterocycles. The highest BCUT2D eigenvalue weighted by Crippen LogP contribution is 2.44. The second-order valence-corrected chi connectivity index (χ2v) is 3.52. The van der Waals surface area contributed by atoms with Crippen LogP contribution in [0, 0.1) is 17.8 Å². The SMILES string of the molecule is CCC1CC2C=CC1C2O. The Kier molecular flexibility index (Phi) is 1.34. The summed E-state index contributed by atoms with van der Waals surface area (Å²) in [5.74, 6) is 1.76. The van der Waals surface area contributed by atoms with Crippen LogP contribution in [0.1, 0.15) is 19.8 Å². The number of fused-ring (bicyclic) bond motifs is 2. The second kappa shape index (κ2) is 2.09. The largest absolute Gasteiger partial charge is 0.392 e. The zero-order chi connectivity index (χ0) is 7.14. The monoisotopic (exact) mass is 138 g/mol. The van der Waals surface area contributed by atoms with Gasteiger partial charge in [0, 0.05) is 11.8 Å². The fraction of sp³-hybridized carbons (Fsp3) is 0.778. The van der Waals surface area contributed by atoms with Crippen LogP contribution in [0.4, 0.5) is 0 Å². The first-order valence-electron chi connectivity index (χ1n) is 4.19. The summed E-state index contributed by atoms with van der Waals surface area (Å²) in [5, 5.41) is 9.57. The van der Waals surface area contributed by atoms with E-state index in [4.69, 9.17) is 0 Å². The molecule has 2 rings (SSSR count). The molecule has 1 saturated carbocycles. The minimum atomic E-state index is -0.0371. The van der Waals surface area contributed by atoms with Crippen molar-refractivity contribution < 1.29 is 5.11 Å². The van der Waals surface area contributed by atoms with Gasteiger partial charge in [0.1, 0.15) is 0 Å². The van der Waals surface area contributed by atoms with Crippen LogP contribution in [-0.2, 0) is 0 Å². The zero-order valence-electron chi connectivity index (χ0n) is 6.33. The average molecular weight is 138 g/mol. The molecule has 2 bridgehead atoms. The Hall–Kier alpha value is -0.300. The van der Waals surface area contributed by atoms with Crippen molar-refractivity contribution in [2.24, 2.45) is 17.8 Å². The maximum atomic E-state index is 9.57. The molecular formula is C9H14O. The van der Waals surface area contributed by atoms with Gasteiger partial charge in [-0.25, -0.2) is 0 Å². The van der Waals surface area contributed by atoms with E-state index in [1.54, 1.807) is 0 Å². The number of hydrogen-bond donors (Lipinski definition) is 1. The molecule has 1 nitrogen and oxygen atoms in total. The zero-order valence-corrected chi connectivity index (χ0v) is 6.33. The van der Waals surface area contributed by atoms with E-state index in [9.17, 15) is 5.11 Å². The molecule has 0 saturated heterocycles. The molecule has 56 valence electrons. The molecule has 1 fully saturated rings. The van der Waals surface area contributed by atoms with E-state index in [0.717, 1.165) is 5.92 Å². The molecule has 0 aromatic carbocycles. The summed E-state index contributed by atoms with van der Waals surface area (Å²) in [6.45, 7) is 2.21. The van der Waals surface area contributed by atoms with Crippen molar-refractivity contribution in [2.45, 2.75) is 25.9 Å². The minimum absolute atomic E-state index is 0.0371. The lowest BCUT2D eigenvalue weighted by molar-refractivity contribution is 0.130. The molecule has 0 aromatic heterocycles. The van der Waals surface area contributed by atoms with Crippen LogP contribution < -0.4 is 0 Å². The van der Waals surface area contributed by atoms with Crippen LogP contribution in [0.2, 0.25) is 0 Å². The molecule has 10 heavy (non-hydrogen) atoms. The Morgan fingerprint density at radius 2 is 2.30 bits per heavy atom. The van der Waals surface area contributed by atoms with Crippen LogP contribution in [0.25, 0.3) is 0 Å². The Balaban J connectivity index is 2.16. The van der Waals surface area contributed by atoms with Crippen LogP contribution >= 0.6 is 0 Å². The third-order valence-corrected chi connectivity index (χ3v) is 3.06. The van der Waals surface area contributed by atoms with E-state index >= 15 is 0 Å². The maximum absolute atomic E-state index is 9.57. The third kappa shape index (κ3) is 0.671. The standard InChI is InChI=1S/C9H14O/c1-2-6-5-7-3-4-8(6)9(7)10/h3-4,6-10H,2,5H2,1H3. The Bertz CT molecular complexity index is 162.